The van der Waals surface area contributed by atoms with Crippen LogP contribution in [0.15, 0.2) is 42.5 Å². The number of phenolic OH excluding ortho intramolecular Hbond substituents is 1. The Bertz CT molecular complexity index is 1060. The molecule has 0 bridgehead atoms. The molecule has 0 spiro atoms. The van der Waals surface area contributed by atoms with Crippen LogP contribution in [-0.2, 0) is 19.5 Å². The van der Waals surface area contributed by atoms with Crippen molar-refractivity contribution in [3.8, 4) is 16.2 Å². The zero-order chi connectivity index (χ0) is 21.1. The zero-order valence-electron chi connectivity index (χ0n) is 17.6. The zero-order valence-corrected chi connectivity index (χ0v) is 20.0. The van der Waals surface area contributed by atoms with Gasteiger partial charge in [-0.05, 0) is 53.8 Å². The van der Waals surface area contributed by atoms with Gasteiger partial charge in [0.15, 0.2) is 0 Å². The van der Waals surface area contributed by atoms with Crippen molar-refractivity contribution in [1.29, 1.82) is 0 Å². The van der Waals surface area contributed by atoms with Gasteiger partial charge in [0.25, 0.3) is 0 Å². The van der Waals surface area contributed by atoms with Crippen LogP contribution in [0.2, 0.25) is 0 Å². The van der Waals surface area contributed by atoms with E-state index in [4.69, 9.17) is 12.2 Å². The SMILES string of the molecule is CCc1c(-c2ccc(O)c(CN3CCN(Cc4ccccc4C)CC3)c2)ssc1=S. The lowest BCUT2D eigenvalue weighted by molar-refractivity contribution is 0.121. The first kappa shape index (κ1) is 21.7. The molecule has 2 aromatic carbocycles. The van der Waals surface area contributed by atoms with E-state index in [0.29, 0.717) is 5.75 Å². The van der Waals surface area contributed by atoms with Crippen LogP contribution in [0.4, 0.5) is 0 Å². The molecule has 0 atom stereocenters. The fourth-order valence-corrected chi connectivity index (χ4v) is 7.16. The fourth-order valence-electron chi connectivity index (χ4n) is 4.03. The Kier molecular flexibility index (Phi) is 7.01. The Labute approximate surface area is 191 Å². The lowest BCUT2D eigenvalue weighted by Crippen LogP contribution is -2.45. The van der Waals surface area contributed by atoms with Crippen molar-refractivity contribution in [2.45, 2.75) is 33.4 Å². The maximum absolute atomic E-state index is 10.5. The molecule has 0 saturated carbocycles. The minimum Gasteiger partial charge on any atom is -0.508 e. The molecule has 1 aromatic heterocycles. The summed E-state index contributed by atoms with van der Waals surface area (Å²) in [5.74, 6) is 0.387. The molecule has 0 amide bonds. The first-order valence-corrected chi connectivity index (χ1v) is 13.0. The second-order valence-corrected chi connectivity index (χ2v) is 10.8. The van der Waals surface area contributed by atoms with E-state index in [1.807, 2.05) is 12.1 Å². The van der Waals surface area contributed by atoms with Crippen molar-refractivity contribution in [3.63, 3.8) is 0 Å². The smallest absolute Gasteiger partial charge is 0.120 e. The van der Waals surface area contributed by atoms with Crippen molar-refractivity contribution in [2.75, 3.05) is 26.2 Å². The normalized spacial score (nSPS) is 15.5. The van der Waals surface area contributed by atoms with E-state index in [2.05, 4.69) is 54.0 Å². The first-order chi connectivity index (χ1) is 14.5. The Morgan fingerprint density at radius 2 is 1.60 bits per heavy atom. The van der Waals surface area contributed by atoms with Crippen molar-refractivity contribution in [3.05, 3.63) is 68.5 Å². The summed E-state index contributed by atoms with van der Waals surface area (Å²) < 4.78 is 0.997. The van der Waals surface area contributed by atoms with Crippen LogP contribution in [0.5, 0.6) is 5.75 Å². The second kappa shape index (κ2) is 9.71. The molecule has 0 radical (unpaired) electrons. The first-order valence-electron chi connectivity index (χ1n) is 10.5. The van der Waals surface area contributed by atoms with Crippen molar-refractivity contribution < 1.29 is 5.11 Å². The Hall–Kier alpha value is -1.57. The Balaban J connectivity index is 1.42. The predicted molar refractivity (Wildman–Crippen MR) is 131 cm³/mol. The molecule has 0 aliphatic carbocycles. The van der Waals surface area contributed by atoms with Crippen LogP contribution in [0, 0.1) is 10.7 Å². The summed E-state index contributed by atoms with van der Waals surface area (Å²) >= 11 is 5.49. The largest absolute Gasteiger partial charge is 0.508 e. The third-order valence-electron chi connectivity index (χ3n) is 5.93. The molecule has 158 valence electrons. The van der Waals surface area contributed by atoms with E-state index in [1.54, 1.807) is 20.7 Å². The van der Waals surface area contributed by atoms with Crippen LogP contribution >= 0.6 is 32.9 Å². The average molecular weight is 457 g/mol. The third-order valence-corrected chi connectivity index (χ3v) is 9.12. The lowest BCUT2D eigenvalue weighted by atomic mass is 10.0. The molecule has 1 saturated heterocycles. The maximum Gasteiger partial charge on any atom is 0.120 e. The van der Waals surface area contributed by atoms with Crippen LogP contribution < -0.4 is 0 Å². The molecule has 3 aromatic rings. The van der Waals surface area contributed by atoms with Gasteiger partial charge in [0, 0.05) is 44.8 Å². The number of hydrogen-bond donors (Lipinski definition) is 1. The van der Waals surface area contributed by atoms with Crippen LogP contribution in [-0.4, -0.2) is 41.1 Å². The van der Waals surface area contributed by atoms with Gasteiger partial charge < -0.3 is 5.11 Å². The van der Waals surface area contributed by atoms with Crippen LogP contribution in [0.25, 0.3) is 10.4 Å². The summed E-state index contributed by atoms with van der Waals surface area (Å²) in [5, 5.41) is 10.5. The molecule has 6 heteroatoms. The van der Waals surface area contributed by atoms with E-state index in [1.165, 1.54) is 27.1 Å². The number of phenols is 1. The fraction of sp³-hybridized carbons (Fsp3) is 0.375. The molecular formula is C24H28N2OS3. The molecular weight excluding hydrogens is 428 g/mol. The molecule has 1 N–H and O–H groups in total. The van der Waals surface area contributed by atoms with Crippen molar-refractivity contribution >= 4 is 32.9 Å². The molecule has 4 rings (SSSR count). The van der Waals surface area contributed by atoms with Gasteiger partial charge in [0.1, 0.15) is 9.57 Å². The molecule has 3 nitrogen and oxygen atoms in total. The van der Waals surface area contributed by atoms with E-state index in [0.717, 1.165) is 55.1 Å². The monoisotopic (exact) mass is 456 g/mol. The lowest BCUT2D eigenvalue weighted by Gasteiger charge is -2.35. The third kappa shape index (κ3) is 4.84. The van der Waals surface area contributed by atoms with Gasteiger partial charge >= 0.3 is 0 Å². The molecule has 2 heterocycles. The van der Waals surface area contributed by atoms with E-state index in [-0.39, 0.29) is 0 Å². The van der Waals surface area contributed by atoms with E-state index in [9.17, 15) is 5.11 Å². The van der Waals surface area contributed by atoms with E-state index >= 15 is 0 Å². The van der Waals surface area contributed by atoms with Gasteiger partial charge in [-0.15, -0.1) is 0 Å². The highest BCUT2D eigenvalue weighted by atomic mass is 32.9. The van der Waals surface area contributed by atoms with Crippen LogP contribution in [0.3, 0.4) is 0 Å². The van der Waals surface area contributed by atoms with Crippen molar-refractivity contribution in [2.24, 2.45) is 0 Å². The summed E-state index contributed by atoms with van der Waals surface area (Å²) in [4.78, 5) is 6.24. The van der Waals surface area contributed by atoms with Crippen molar-refractivity contribution in [1.82, 2.24) is 9.80 Å². The number of hydrogen-bond acceptors (Lipinski definition) is 6. The number of nitrogens with zero attached hydrogens (tertiary/aromatic N) is 2. The van der Waals surface area contributed by atoms with Gasteiger partial charge in [0.2, 0.25) is 0 Å². The molecule has 1 aliphatic heterocycles. The Morgan fingerprint density at radius 1 is 0.933 bits per heavy atom. The number of aromatic hydroxyl groups is 1. The van der Waals surface area contributed by atoms with E-state index < -0.39 is 0 Å². The summed E-state index contributed by atoms with van der Waals surface area (Å²) in [7, 11) is 3.43. The standard InChI is InChI=1S/C24H28N2OS3/c1-3-21-23(29-30-24(21)28)18-8-9-22(27)20(14-18)16-26-12-10-25(11-13-26)15-19-7-5-4-6-17(19)2/h4-9,14,27H,3,10-13,15-16H2,1-2H3. The molecule has 0 unspecified atom stereocenters. The maximum atomic E-state index is 10.5. The highest BCUT2D eigenvalue weighted by molar-refractivity contribution is 7.80. The minimum atomic E-state index is 0.387. The minimum absolute atomic E-state index is 0.387. The summed E-state index contributed by atoms with van der Waals surface area (Å²) in [6, 6.07) is 14.7. The molecule has 30 heavy (non-hydrogen) atoms. The number of piperazine rings is 1. The highest BCUT2D eigenvalue weighted by Gasteiger charge is 2.19. The summed E-state index contributed by atoms with van der Waals surface area (Å²) in [6.45, 7) is 10.3. The number of benzene rings is 2. The van der Waals surface area contributed by atoms with Crippen LogP contribution in [0.1, 0.15) is 29.2 Å². The van der Waals surface area contributed by atoms with Gasteiger partial charge in [0.05, 0.1) is 4.88 Å². The highest BCUT2D eigenvalue weighted by Crippen LogP contribution is 2.37. The summed E-state index contributed by atoms with van der Waals surface area (Å²) in [6.07, 6.45) is 0.952. The summed E-state index contributed by atoms with van der Waals surface area (Å²) in [5.41, 5.74) is 6.23. The van der Waals surface area contributed by atoms with Gasteiger partial charge in [-0.3, -0.25) is 9.80 Å². The second-order valence-electron chi connectivity index (χ2n) is 7.94. The quantitative estimate of drug-likeness (QED) is 0.358. The molecule has 1 fully saturated rings. The predicted octanol–water partition coefficient (Wildman–Crippen LogP) is 6.10. The van der Waals surface area contributed by atoms with Gasteiger partial charge in [-0.1, -0.05) is 64.1 Å². The Morgan fingerprint density at radius 3 is 2.27 bits per heavy atom. The number of aryl methyl sites for hydroxylation is 1. The van der Waals surface area contributed by atoms with Gasteiger partial charge in [-0.2, -0.15) is 0 Å². The average Bonchev–Trinajstić information content (AvgIpc) is 3.13. The van der Waals surface area contributed by atoms with Gasteiger partial charge in [-0.25, -0.2) is 0 Å². The molecule has 1 aliphatic rings. The topological polar surface area (TPSA) is 26.7 Å². The number of rotatable bonds is 6.